The minimum absolute atomic E-state index is 0.154. The number of hydrogen-bond donors (Lipinski definition) is 0. The van der Waals surface area contributed by atoms with Crippen LogP contribution in [-0.4, -0.2) is 43.6 Å². The maximum atomic E-state index is 11.4. The predicted octanol–water partition coefficient (Wildman–Crippen LogP) is 1.57. The van der Waals surface area contributed by atoms with Gasteiger partial charge in [-0.25, -0.2) is 14.6 Å². The average Bonchev–Trinajstić information content (AvgIpc) is 2.90. The van der Waals surface area contributed by atoms with Crippen molar-refractivity contribution in [3.8, 4) is 0 Å². The molecule has 1 saturated heterocycles. The number of aryl methyl sites for hydroxylation is 1. The molecule has 2 aromatic heterocycles. The molecule has 3 rings (SSSR count). The number of rotatable bonds is 2. The lowest BCUT2D eigenvalue weighted by Gasteiger charge is -2.31. The first-order chi connectivity index (χ1) is 9.69. The molecule has 1 amide bonds. The van der Waals surface area contributed by atoms with Gasteiger partial charge in [-0.2, -0.15) is 5.10 Å². The van der Waals surface area contributed by atoms with E-state index in [1.54, 1.807) is 13.1 Å². The van der Waals surface area contributed by atoms with Crippen LogP contribution in [0.15, 0.2) is 12.4 Å². The van der Waals surface area contributed by atoms with Crippen molar-refractivity contribution in [2.24, 2.45) is 0 Å². The van der Waals surface area contributed by atoms with Crippen molar-refractivity contribution in [1.82, 2.24) is 24.6 Å². The molecule has 0 unspecified atom stereocenters. The third kappa shape index (κ3) is 2.26. The van der Waals surface area contributed by atoms with Gasteiger partial charge in [-0.05, 0) is 19.3 Å². The average molecular weight is 273 g/mol. The number of piperidine rings is 1. The van der Waals surface area contributed by atoms with Crippen molar-refractivity contribution in [2.45, 2.75) is 39.2 Å². The topological polar surface area (TPSA) is 63.9 Å². The van der Waals surface area contributed by atoms with Gasteiger partial charge in [0.2, 0.25) is 5.91 Å². The van der Waals surface area contributed by atoms with E-state index in [1.807, 2.05) is 15.8 Å². The maximum absolute atomic E-state index is 11.4. The molecule has 0 aliphatic carbocycles. The molecule has 2 aromatic rings. The molecule has 1 aliphatic rings. The van der Waals surface area contributed by atoms with Gasteiger partial charge in [-0.15, -0.1) is 0 Å². The second-order valence-corrected chi connectivity index (χ2v) is 5.25. The molecule has 106 valence electrons. The molecule has 6 heteroatoms. The summed E-state index contributed by atoms with van der Waals surface area (Å²) in [4.78, 5) is 22.3. The zero-order chi connectivity index (χ0) is 14.1. The fourth-order valence-corrected chi connectivity index (χ4v) is 2.72. The van der Waals surface area contributed by atoms with Gasteiger partial charge in [0, 0.05) is 26.2 Å². The molecule has 0 bridgehead atoms. The van der Waals surface area contributed by atoms with Gasteiger partial charge < -0.3 is 4.90 Å². The molecule has 1 aliphatic heterocycles. The van der Waals surface area contributed by atoms with E-state index in [0.717, 1.165) is 49.2 Å². The fourth-order valence-electron chi connectivity index (χ4n) is 2.72. The van der Waals surface area contributed by atoms with Crippen LogP contribution in [0, 0.1) is 0 Å². The summed E-state index contributed by atoms with van der Waals surface area (Å²) in [5, 5.41) is 4.45. The number of likely N-dealkylation sites (tertiary alicyclic amines) is 1. The Morgan fingerprint density at radius 3 is 2.75 bits per heavy atom. The summed E-state index contributed by atoms with van der Waals surface area (Å²) in [5.74, 6) is 0.154. The highest BCUT2D eigenvalue weighted by atomic mass is 16.2. The van der Waals surface area contributed by atoms with Gasteiger partial charge in [0.25, 0.3) is 0 Å². The molecule has 6 nitrogen and oxygen atoms in total. The van der Waals surface area contributed by atoms with Crippen LogP contribution in [-0.2, 0) is 11.2 Å². The molecule has 0 saturated carbocycles. The van der Waals surface area contributed by atoms with Crippen LogP contribution in [0.2, 0.25) is 0 Å². The Balaban J connectivity index is 1.86. The largest absolute Gasteiger partial charge is 0.343 e. The minimum atomic E-state index is 0.154. The molecular formula is C14H19N5O. The van der Waals surface area contributed by atoms with Crippen molar-refractivity contribution >= 4 is 17.1 Å². The van der Waals surface area contributed by atoms with Gasteiger partial charge in [0.15, 0.2) is 5.65 Å². The van der Waals surface area contributed by atoms with Crippen molar-refractivity contribution in [3.05, 3.63) is 18.1 Å². The molecule has 1 fully saturated rings. The highest BCUT2D eigenvalue weighted by molar-refractivity contribution is 5.73. The number of carbonyl (C=O) groups excluding carboxylic acids is 1. The van der Waals surface area contributed by atoms with E-state index in [4.69, 9.17) is 0 Å². The molecule has 0 aromatic carbocycles. The number of carbonyl (C=O) groups is 1. The Hall–Kier alpha value is -1.98. The standard InChI is InChI=1S/C14H19N5O/c1-3-11-8-15-13-9-16-19(14(13)17-11)12-4-6-18(7-5-12)10(2)20/h8-9,12H,3-7H2,1-2H3. The smallest absolute Gasteiger partial charge is 0.219 e. The SMILES string of the molecule is CCc1cnc2cnn(C3CCN(C(C)=O)CC3)c2n1. The number of nitrogens with zero attached hydrogens (tertiary/aromatic N) is 5. The van der Waals surface area contributed by atoms with Gasteiger partial charge in [-0.3, -0.25) is 4.79 Å². The highest BCUT2D eigenvalue weighted by Crippen LogP contribution is 2.24. The molecule has 0 N–H and O–H groups in total. The quantitative estimate of drug-likeness (QED) is 0.833. The Bertz CT molecular complexity index is 628. The van der Waals surface area contributed by atoms with Crippen molar-refractivity contribution in [1.29, 1.82) is 0 Å². The first kappa shape index (κ1) is 13.0. The van der Waals surface area contributed by atoms with Crippen molar-refractivity contribution in [2.75, 3.05) is 13.1 Å². The lowest BCUT2D eigenvalue weighted by molar-refractivity contribution is -0.130. The number of fused-ring (bicyclic) bond motifs is 1. The van der Waals surface area contributed by atoms with Crippen LogP contribution < -0.4 is 0 Å². The van der Waals surface area contributed by atoms with Crippen LogP contribution in [0.1, 0.15) is 38.4 Å². The zero-order valence-corrected chi connectivity index (χ0v) is 11.9. The van der Waals surface area contributed by atoms with Gasteiger partial charge in [0.05, 0.1) is 17.9 Å². The summed E-state index contributed by atoms with van der Waals surface area (Å²) in [7, 11) is 0. The third-order valence-electron chi connectivity index (χ3n) is 3.97. The van der Waals surface area contributed by atoms with Crippen LogP contribution in [0.4, 0.5) is 0 Å². The molecule has 0 atom stereocenters. The van der Waals surface area contributed by atoms with Crippen LogP contribution >= 0.6 is 0 Å². The maximum Gasteiger partial charge on any atom is 0.219 e. The first-order valence-corrected chi connectivity index (χ1v) is 7.13. The summed E-state index contributed by atoms with van der Waals surface area (Å²) < 4.78 is 1.99. The number of aromatic nitrogens is 4. The van der Waals surface area contributed by atoms with Crippen LogP contribution in [0.5, 0.6) is 0 Å². The van der Waals surface area contributed by atoms with E-state index in [9.17, 15) is 4.79 Å². The van der Waals surface area contributed by atoms with Gasteiger partial charge >= 0.3 is 0 Å². The Morgan fingerprint density at radius 1 is 1.35 bits per heavy atom. The van der Waals surface area contributed by atoms with Crippen molar-refractivity contribution in [3.63, 3.8) is 0 Å². The second kappa shape index (κ2) is 5.19. The van der Waals surface area contributed by atoms with Gasteiger partial charge in [0.1, 0.15) is 5.52 Å². The Labute approximate surface area is 117 Å². The molecule has 3 heterocycles. The van der Waals surface area contributed by atoms with E-state index in [1.165, 1.54) is 0 Å². The van der Waals surface area contributed by atoms with Crippen molar-refractivity contribution < 1.29 is 4.79 Å². The van der Waals surface area contributed by atoms with E-state index in [0.29, 0.717) is 6.04 Å². The molecule has 20 heavy (non-hydrogen) atoms. The molecule has 0 radical (unpaired) electrons. The van der Waals surface area contributed by atoms with E-state index >= 15 is 0 Å². The minimum Gasteiger partial charge on any atom is -0.343 e. The van der Waals surface area contributed by atoms with E-state index < -0.39 is 0 Å². The summed E-state index contributed by atoms with van der Waals surface area (Å²) >= 11 is 0. The summed E-state index contributed by atoms with van der Waals surface area (Å²) in [6.45, 7) is 5.29. The van der Waals surface area contributed by atoms with E-state index in [2.05, 4.69) is 22.0 Å². The summed E-state index contributed by atoms with van der Waals surface area (Å²) in [5.41, 5.74) is 2.70. The first-order valence-electron chi connectivity index (χ1n) is 7.13. The van der Waals surface area contributed by atoms with E-state index in [-0.39, 0.29) is 5.91 Å². The third-order valence-corrected chi connectivity index (χ3v) is 3.97. The van der Waals surface area contributed by atoms with Crippen LogP contribution in [0.3, 0.4) is 0 Å². The zero-order valence-electron chi connectivity index (χ0n) is 11.9. The lowest BCUT2D eigenvalue weighted by Crippen LogP contribution is -2.37. The van der Waals surface area contributed by atoms with Gasteiger partial charge in [-0.1, -0.05) is 6.92 Å². The molecule has 0 spiro atoms. The monoisotopic (exact) mass is 273 g/mol. The predicted molar refractivity (Wildman–Crippen MR) is 75.2 cm³/mol. The second-order valence-electron chi connectivity index (χ2n) is 5.25. The lowest BCUT2D eigenvalue weighted by atomic mass is 10.1. The Morgan fingerprint density at radius 2 is 2.10 bits per heavy atom. The Kier molecular flexibility index (Phi) is 3.38. The number of amides is 1. The normalized spacial score (nSPS) is 16.8. The molecular weight excluding hydrogens is 254 g/mol. The fraction of sp³-hybridized carbons (Fsp3) is 0.571. The summed E-state index contributed by atoms with van der Waals surface area (Å²) in [6.07, 6.45) is 6.31. The van der Waals surface area contributed by atoms with Crippen LogP contribution in [0.25, 0.3) is 11.2 Å². The summed E-state index contributed by atoms with van der Waals surface area (Å²) in [6, 6.07) is 0.310. The number of hydrogen-bond acceptors (Lipinski definition) is 4. The highest BCUT2D eigenvalue weighted by Gasteiger charge is 2.24.